The van der Waals surface area contributed by atoms with E-state index in [1.54, 1.807) is 11.3 Å². The molecule has 0 saturated carbocycles. The fourth-order valence-corrected chi connectivity index (χ4v) is 2.56. The minimum absolute atomic E-state index is 0.171. The molecule has 2 aromatic rings. The lowest BCUT2D eigenvalue weighted by Crippen LogP contribution is -2.15. The quantitative estimate of drug-likeness (QED) is 0.630. The second-order valence-corrected chi connectivity index (χ2v) is 5.22. The van der Waals surface area contributed by atoms with Crippen molar-refractivity contribution in [3.8, 4) is 0 Å². The van der Waals surface area contributed by atoms with Crippen LogP contribution in [0.15, 0.2) is 11.6 Å². The molecule has 13 heavy (non-hydrogen) atoms. The van der Waals surface area contributed by atoms with Crippen LogP contribution in [0, 0.1) is 6.92 Å². The molecule has 70 valence electrons. The molecule has 2 rings (SSSR count). The Kier molecular flexibility index (Phi) is 1.74. The van der Waals surface area contributed by atoms with Crippen LogP contribution in [0.5, 0.6) is 0 Å². The standard InChI is InChI=1S/C10H14N2S/c1-7-8(10(2,3)4)12-5-6-13-9(12)11-7/h5-6H,1-4H3. The molecule has 0 aromatic carbocycles. The SMILES string of the molecule is Cc1nc2sccn2c1C(C)(C)C. The highest BCUT2D eigenvalue weighted by molar-refractivity contribution is 7.15. The third-order valence-corrected chi connectivity index (χ3v) is 2.90. The normalized spacial score (nSPS) is 12.6. The van der Waals surface area contributed by atoms with Crippen LogP contribution in [0.2, 0.25) is 0 Å². The zero-order chi connectivity index (χ0) is 9.64. The van der Waals surface area contributed by atoms with E-state index in [0.29, 0.717) is 0 Å². The van der Waals surface area contributed by atoms with Gasteiger partial charge >= 0.3 is 0 Å². The van der Waals surface area contributed by atoms with Gasteiger partial charge in [-0.05, 0) is 6.92 Å². The Hall–Kier alpha value is -0.830. The number of nitrogens with zero attached hydrogens (tertiary/aromatic N) is 2. The van der Waals surface area contributed by atoms with Gasteiger partial charge in [0.1, 0.15) is 0 Å². The Morgan fingerprint density at radius 2 is 2.08 bits per heavy atom. The molecule has 0 spiro atoms. The molecular weight excluding hydrogens is 180 g/mol. The Morgan fingerprint density at radius 3 is 2.69 bits per heavy atom. The van der Waals surface area contributed by atoms with Crippen LogP contribution in [0.1, 0.15) is 32.2 Å². The summed E-state index contributed by atoms with van der Waals surface area (Å²) in [5, 5.41) is 2.08. The molecule has 2 heterocycles. The third-order valence-electron chi connectivity index (χ3n) is 2.15. The molecule has 0 unspecified atom stereocenters. The molecule has 3 heteroatoms. The molecule has 0 aliphatic heterocycles. The first-order valence-corrected chi connectivity index (χ1v) is 5.31. The van der Waals surface area contributed by atoms with E-state index in [2.05, 4.69) is 48.7 Å². The van der Waals surface area contributed by atoms with Gasteiger partial charge in [0, 0.05) is 17.0 Å². The average molecular weight is 194 g/mol. The van der Waals surface area contributed by atoms with Crippen molar-refractivity contribution in [3.63, 3.8) is 0 Å². The van der Waals surface area contributed by atoms with Gasteiger partial charge in [-0.25, -0.2) is 4.98 Å². The second kappa shape index (κ2) is 2.58. The molecule has 0 N–H and O–H groups in total. The van der Waals surface area contributed by atoms with Crippen molar-refractivity contribution in [1.29, 1.82) is 0 Å². The van der Waals surface area contributed by atoms with Crippen molar-refractivity contribution in [1.82, 2.24) is 9.38 Å². The van der Waals surface area contributed by atoms with Crippen LogP contribution < -0.4 is 0 Å². The maximum atomic E-state index is 4.52. The van der Waals surface area contributed by atoms with E-state index in [-0.39, 0.29) is 5.41 Å². The fourth-order valence-electron chi connectivity index (χ4n) is 1.80. The molecule has 0 fully saturated rings. The van der Waals surface area contributed by atoms with E-state index in [0.717, 1.165) is 10.7 Å². The first-order valence-electron chi connectivity index (χ1n) is 4.43. The molecule has 0 aliphatic carbocycles. The number of thiazole rings is 1. The second-order valence-electron chi connectivity index (χ2n) is 4.35. The van der Waals surface area contributed by atoms with Gasteiger partial charge in [-0.3, -0.25) is 4.40 Å². The lowest BCUT2D eigenvalue weighted by Gasteiger charge is -2.18. The minimum Gasteiger partial charge on any atom is -0.294 e. The first kappa shape index (κ1) is 8.75. The highest BCUT2D eigenvalue weighted by Crippen LogP contribution is 2.28. The lowest BCUT2D eigenvalue weighted by atomic mass is 9.91. The Balaban J connectivity index is 2.78. The van der Waals surface area contributed by atoms with Gasteiger partial charge in [0.15, 0.2) is 4.96 Å². The summed E-state index contributed by atoms with van der Waals surface area (Å²) in [6.45, 7) is 8.75. The van der Waals surface area contributed by atoms with Crippen molar-refractivity contribution in [2.75, 3.05) is 0 Å². The summed E-state index contributed by atoms with van der Waals surface area (Å²) >= 11 is 1.69. The van der Waals surface area contributed by atoms with Gasteiger partial charge in [-0.15, -0.1) is 11.3 Å². The van der Waals surface area contributed by atoms with Crippen molar-refractivity contribution in [2.45, 2.75) is 33.1 Å². The van der Waals surface area contributed by atoms with Crippen molar-refractivity contribution < 1.29 is 0 Å². The molecule has 0 saturated heterocycles. The Bertz CT molecular complexity index is 431. The molecule has 2 aromatic heterocycles. The van der Waals surface area contributed by atoms with Crippen LogP contribution in [0.3, 0.4) is 0 Å². The van der Waals surface area contributed by atoms with E-state index in [1.165, 1.54) is 5.69 Å². The van der Waals surface area contributed by atoms with Crippen LogP contribution in [-0.4, -0.2) is 9.38 Å². The number of rotatable bonds is 0. The number of hydrogen-bond donors (Lipinski definition) is 0. The zero-order valence-electron chi connectivity index (χ0n) is 8.46. The van der Waals surface area contributed by atoms with Crippen LogP contribution >= 0.6 is 11.3 Å². The molecule has 0 atom stereocenters. The van der Waals surface area contributed by atoms with Crippen LogP contribution in [-0.2, 0) is 5.41 Å². The lowest BCUT2D eigenvalue weighted by molar-refractivity contribution is 0.559. The summed E-state index contributed by atoms with van der Waals surface area (Å²) in [4.78, 5) is 5.62. The molecule has 2 nitrogen and oxygen atoms in total. The highest BCUT2D eigenvalue weighted by atomic mass is 32.1. The Morgan fingerprint density at radius 1 is 1.38 bits per heavy atom. The third kappa shape index (κ3) is 1.27. The summed E-state index contributed by atoms with van der Waals surface area (Å²) in [7, 11) is 0. The van der Waals surface area contributed by atoms with Crippen molar-refractivity contribution in [3.05, 3.63) is 23.0 Å². The summed E-state index contributed by atoms with van der Waals surface area (Å²) in [6, 6.07) is 0. The van der Waals surface area contributed by atoms with Gasteiger partial charge < -0.3 is 0 Å². The van der Waals surface area contributed by atoms with Crippen LogP contribution in [0.4, 0.5) is 0 Å². The maximum Gasteiger partial charge on any atom is 0.194 e. The summed E-state index contributed by atoms with van der Waals surface area (Å²) in [5.74, 6) is 0. The number of hydrogen-bond acceptors (Lipinski definition) is 2. The Labute approximate surface area is 82.2 Å². The molecular formula is C10H14N2S. The molecule has 0 aliphatic rings. The minimum atomic E-state index is 0.171. The van der Waals surface area contributed by atoms with Gasteiger partial charge in [-0.2, -0.15) is 0 Å². The summed E-state index contributed by atoms with van der Waals surface area (Å²) in [5.41, 5.74) is 2.65. The van der Waals surface area contributed by atoms with E-state index in [9.17, 15) is 0 Å². The van der Waals surface area contributed by atoms with Crippen LogP contribution in [0.25, 0.3) is 4.96 Å². The van der Waals surface area contributed by atoms with Gasteiger partial charge in [-0.1, -0.05) is 20.8 Å². The summed E-state index contributed by atoms with van der Waals surface area (Å²) < 4.78 is 2.19. The van der Waals surface area contributed by atoms with Gasteiger partial charge in [0.2, 0.25) is 0 Å². The predicted molar refractivity (Wildman–Crippen MR) is 56.5 cm³/mol. The number of aromatic nitrogens is 2. The maximum absolute atomic E-state index is 4.52. The molecule has 0 amide bonds. The monoisotopic (exact) mass is 194 g/mol. The smallest absolute Gasteiger partial charge is 0.194 e. The topological polar surface area (TPSA) is 17.3 Å². The molecule has 0 bridgehead atoms. The van der Waals surface area contributed by atoms with Gasteiger partial charge in [0.25, 0.3) is 0 Å². The van der Waals surface area contributed by atoms with Gasteiger partial charge in [0.05, 0.1) is 11.4 Å². The predicted octanol–water partition coefficient (Wildman–Crippen LogP) is 3.00. The zero-order valence-corrected chi connectivity index (χ0v) is 9.27. The fraction of sp³-hybridized carbons (Fsp3) is 0.500. The first-order chi connectivity index (χ1) is 6.00. The van der Waals surface area contributed by atoms with E-state index >= 15 is 0 Å². The average Bonchev–Trinajstić information content (AvgIpc) is 2.41. The van der Waals surface area contributed by atoms with E-state index in [1.807, 2.05) is 0 Å². The largest absolute Gasteiger partial charge is 0.294 e. The highest BCUT2D eigenvalue weighted by Gasteiger charge is 2.22. The van der Waals surface area contributed by atoms with E-state index in [4.69, 9.17) is 0 Å². The van der Waals surface area contributed by atoms with Crippen molar-refractivity contribution in [2.24, 2.45) is 0 Å². The van der Waals surface area contributed by atoms with Crippen molar-refractivity contribution >= 4 is 16.3 Å². The van der Waals surface area contributed by atoms with E-state index < -0.39 is 0 Å². The number of fused-ring (bicyclic) bond motifs is 1. The molecule has 0 radical (unpaired) electrons. The summed E-state index contributed by atoms with van der Waals surface area (Å²) in [6.07, 6.45) is 2.10. The number of imidazole rings is 1. The number of aryl methyl sites for hydroxylation is 1.